The highest BCUT2D eigenvalue weighted by Crippen LogP contribution is 2.39. The number of aromatic amines is 1. The van der Waals surface area contributed by atoms with Crippen LogP contribution in [0.3, 0.4) is 0 Å². The Kier molecular flexibility index (Phi) is 1.50. The second-order valence-electron chi connectivity index (χ2n) is 3.38. The second-order valence-corrected chi connectivity index (χ2v) is 4.23. The summed E-state index contributed by atoms with van der Waals surface area (Å²) in [5.41, 5.74) is 2.28. The molecular formula is C10H8BrN2. The monoisotopic (exact) mass is 235 g/mol. The van der Waals surface area contributed by atoms with Crippen LogP contribution in [0.1, 0.15) is 17.9 Å². The first kappa shape index (κ1) is 7.56. The van der Waals surface area contributed by atoms with Crippen molar-refractivity contribution in [2.24, 2.45) is 0 Å². The van der Waals surface area contributed by atoms with Gasteiger partial charge in [-0.15, -0.1) is 0 Å². The smallest absolute Gasteiger partial charge is 0.138 e. The molecule has 0 aliphatic heterocycles. The molecule has 65 valence electrons. The van der Waals surface area contributed by atoms with Crippen molar-refractivity contribution in [2.45, 2.75) is 12.3 Å². The van der Waals surface area contributed by atoms with E-state index in [-0.39, 0.29) is 0 Å². The van der Waals surface area contributed by atoms with Crippen molar-refractivity contribution in [3.63, 3.8) is 0 Å². The molecule has 1 unspecified atom stereocenters. The standard InChI is InChI=1S/C10H8BrN2/c11-9-5-13-10-8(9)3-7(4-12-10)6-1-2-6/h1,3-6H,2H2,(H,12,13). The highest BCUT2D eigenvalue weighted by molar-refractivity contribution is 9.10. The van der Waals surface area contributed by atoms with Gasteiger partial charge < -0.3 is 4.98 Å². The molecule has 1 atom stereocenters. The summed E-state index contributed by atoms with van der Waals surface area (Å²) in [5, 5.41) is 1.18. The van der Waals surface area contributed by atoms with E-state index in [9.17, 15) is 0 Å². The van der Waals surface area contributed by atoms with Crippen LogP contribution in [0.5, 0.6) is 0 Å². The normalized spacial score (nSPS) is 16.7. The minimum absolute atomic E-state index is 0.652. The Balaban J connectivity index is 2.24. The number of halogens is 1. The lowest BCUT2D eigenvalue weighted by atomic mass is 10.1. The Bertz CT molecular complexity index is 457. The zero-order chi connectivity index (χ0) is 8.84. The van der Waals surface area contributed by atoms with Crippen molar-refractivity contribution >= 4 is 27.0 Å². The first-order valence-corrected chi connectivity index (χ1v) is 5.10. The summed E-state index contributed by atoms with van der Waals surface area (Å²) in [5.74, 6) is 0.652. The van der Waals surface area contributed by atoms with E-state index in [4.69, 9.17) is 0 Å². The second kappa shape index (κ2) is 2.58. The summed E-state index contributed by atoms with van der Waals surface area (Å²) in [6.07, 6.45) is 7.39. The minimum Gasteiger partial charge on any atom is -0.345 e. The fourth-order valence-electron chi connectivity index (χ4n) is 1.53. The maximum absolute atomic E-state index is 4.36. The highest BCUT2D eigenvalue weighted by atomic mass is 79.9. The Labute approximate surface area is 84.5 Å². The Morgan fingerprint density at radius 1 is 1.54 bits per heavy atom. The van der Waals surface area contributed by atoms with Gasteiger partial charge in [0, 0.05) is 22.3 Å². The lowest BCUT2D eigenvalue weighted by Crippen LogP contribution is -1.82. The van der Waals surface area contributed by atoms with E-state index in [0.717, 1.165) is 10.1 Å². The molecule has 13 heavy (non-hydrogen) atoms. The van der Waals surface area contributed by atoms with Crippen LogP contribution in [-0.2, 0) is 0 Å². The van der Waals surface area contributed by atoms with Crippen LogP contribution >= 0.6 is 15.9 Å². The Hall–Kier alpha value is -0.830. The summed E-state index contributed by atoms with van der Waals surface area (Å²) >= 11 is 3.49. The summed E-state index contributed by atoms with van der Waals surface area (Å²) in [6.45, 7) is 0. The molecule has 1 saturated carbocycles. The van der Waals surface area contributed by atoms with Crippen molar-refractivity contribution in [2.75, 3.05) is 0 Å². The van der Waals surface area contributed by atoms with Gasteiger partial charge in [-0.25, -0.2) is 4.98 Å². The van der Waals surface area contributed by atoms with Gasteiger partial charge in [0.1, 0.15) is 5.65 Å². The van der Waals surface area contributed by atoms with Crippen LogP contribution in [0.25, 0.3) is 11.0 Å². The lowest BCUT2D eigenvalue weighted by molar-refractivity contribution is 1.13. The summed E-state index contributed by atoms with van der Waals surface area (Å²) < 4.78 is 1.09. The topological polar surface area (TPSA) is 28.7 Å². The lowest BCUT2D eigenvalue weighted by Gasteiger charge is -1.96. The molecule has 2 nitrogen and oxygen atoms in total. The van der Waals surface area contributed by atoms with Gasteiger partial charge in [0.2, 0.25) is 0 Å². The van der Waals surface area contributed by atoms with E-state index in [1.165, 1.54) is 17.4 Å². The van der Waals surface area contributed by atoms with Crippen LogP contribution in [0.4, 0.5) is 0 Å². The number of nitrogens with zero attached hydrogens (tertiary/aromatic N) is 1. The first-order valence-electron chi connectivity index (χ1n) is 4.30. The molecule has 0 saturated heterocycles. The highest BCUT2D eigenvalue weighted by Gasteiger charge is 2.24. The Morgan fingerprint density at radius 2 is 2.38 bits per heavy atom. The molecule has 0 aromatic carbocycles. The molecule has 3 heteroatoms. The molecule has 2 heterocycles. The summed E-state index contributed by atoms with van der Waals surface area (Å²) in [7, 11) is 0. The van der Waals surface area contributed by atoms with Gasteiger partial charge in [0.05, 0.1) is 0 Å². The SMILES string of the molecule is Brc1c[nH]c2ncc(C3[CH]C3)cc12. The van der Waals surface area contributed by atoms with Crippen molar-refractivity contribution in [3.8, 4) is 0 Å². The molecule has 1 N–H and O–H groups in total. The van der Waals surface area contributed by atoms with Gasteiger partial charge in [-0.05, 0) is 46.3 Å². The molecule has 2 aromatic heterocycles. The molecule has 1 aliphatic carbocycles. The fourth-order valence-corrected chi connectivity index (χ4v) is 1.95. The summed E-state index contributed by atoms with van der Waals surface area (Å²) in [4.78, 5) is 7.46. The zero-order valence-corrected chi connectivity index (χ0v) is 8.51. The first-order chi connectivity index (χ1) is 6.34. The maximum Gasteiger partial charge on any atom is 0.138 e. The van der Waals surface area contributed by atoms with E-state index in [2.05, 4.69) is 38.4 Å². The molecular weight excluding hydrogens is 228 g/mol. The number of fused-ring (bicyclic) bond motifs is 1. The molecule has 2 aromatic rings. The van der Waals surface area contributed by atoms with Gasteiger partial charge in [-0.2, -0.15) is 0 Å². The number of hydrogen-bond donors (Lipinski definition) is 1. The third kappa shape index (κ3) is 1.18. The van der Waals surface area contributed by atoms with Crippen molar-refractivity contribution in [1.82, 2.24) is 9.97 Å². The van der Waals surface area contributed by atoms with Crippen LogP contribution in [0, 0.1) is 6.42 Å². The average Bonchev–Trinajstić information content (AvgIpc) is 2.93. The molecule has 0 bridgehead atoms. The van der Waals surface area contributed by atoms with Crippen LogP contribution in [-0.4, -0.2) is 9.97 Å². The quantitative estimate of drug-likeness (QED) is 0.809. The van der Waals surface area contributed by atoms with Crippen molar-refractivity contribution in [1.29, 1.82) is 0 Å². The fraction of sp³-hybridized carbons (Fsp3) is 0.200. The van der Waals surface area contributed by atoms with Crippen molar-refractivity contribution in [3.05, 3.63) is 34.9 Å². The third-order valence-corrected chi connectivity index (χ3v) is 3.06. The number of H-pyrrole nitrogens is 1. The predicted octanol–water partition coefficient (Wildman–Crippen LogP) is 3.02. The van der Waals surface area contributed by atoms with E-state index < -0.39 is 0 Å². The molecule has 1 aliphatic rings. The van der Waals surface area contributed by atoms with E-state index in [0.29, 0.717) is 5.92 Å². The molecule has 0 spiro atoms. The summed E-state index contributed by atoms with van der Waals surface area (Å²) in [6, 6.07) is 2.21. The molecule has 1 fully saturated rings. The van der Waals surface area contributed by atoms with Gasteiger partial charge in [0.25, 0.3) is 0 Å². The van der Waals surface area contributed by atoms with E-state index in [1.54, 1.807) is 0 Å². The van der Waals surface area contributed by atoms with Gasteiger partial charge >= 0.3 is 0 Å². The van der Waals surface area contributed by atoms with E-state index in [1.807, 2.05) is 12.4 Å². The van der Waals surface area contributed by atoms with E-state index >= 15 is 0 Å². The molecule has 3 rings (SSSR count). The molecule has 1 radical (unpaired) electrons. The predicted molar refractivity (Wildman–Crippen MR) is 55.5 cm³/mol. The number of pyridine rings is 1. The van der Waals surface area contributed by atoms with Crippen molar-refractivity contribution < 1.29 is 0 Å². The number of hydrogen-bond acceptors (Lipinski definition) is 1. The Morgan fingerprint density at radius 3 is 3.15 bits per heavy atom. The minimum atomic E-state index is 0.652. The third-order valence-electron chi connectivity index (χ3n) is 2.40. The largest absolute Gasteiger partial charge is 0.345 e. The maximum atomic E-state index is 4.36. The van der Waals surface area contributed by atoms with Gasteiger partial charge in [-0.3, -0.25) is 0 Å². The molecule has 0 amide bonds. The number of rotatable bonds is 1. The number of nitrogens with one attached hydrogen (secondary N) is 1. The van der Waals surface area contributed by atoms with Crippen LogP contribution in [0.15, 0.2) is 22.9 Å². The van der Waals surface area contributed by atoms with Gasteiger partial charge in [-0.1, -0.05) is 0 Å². The average molecular weight is 236 g/mol. The van der Waals surface area contributed by atoms with Crippen LogP contribution in [0.2, 0.25) is 0 Å². The van der Waals surface area contributed by atoms with Crippen LogP contribution < -0.4 is 0 Å². The number of aromatic nitrogens is 2. The zero-order valence-electron chi connectivity index (χ0n) is 6.92. The van der Waals surface area contributed by atoms with Gasteiger partial charge in [0.15, 0.2) is 0 Å².